The summed E-state index contributed by atoms with van der Waals surface area (Å²) in [6.45, 7) is 3.98. The molecule has 0 saturated carbocycles. The first kappa shape index (κ1) is 15.9. The van der Waals surface area contributed by atoms with Gasteiger partial charge >= 0.3 is 0 Å². The minimum atomic E-state index is -0.526. The van der Waals surface area contributed by atoms with Crippen LogP contribution in [0.25, 0.3) is 0 Å². The summed E-state index contributed by atoms with van der Waals surface area (Å²) in [5, 5.41) is 16.3. The Hall–Kier alpha value is -2.15. The largest absolute Gasteiger partial charge is 0.383 e. The molecule has 1 amide bonds. The summed E-state index contributed by atoms with van der Waals surface area (Å²) in [6, 6.07) is 4.30. The summed E-state index contributed by atoms with van der Waals surface area (Å²) < 4.78 is 5.19. The number of hydrogen-bond donors (Lipinski definition) is 2. The first-order valence-electron chi connectivity index (χ1n) is 6.10. The molecule has 0 aliphatic heterocycles. The molecule has 7 nitrogen and oxygen atoms in total. The molecule has 0 heterocycles. The Morgan fingerprint density at radius 3 is 2.60 bits per heavy atom. The number of rotatable bonds is 6. The molecule has 0 spiro atoms. The normalized spacial score (nSPS) is 11.0. The van der Waals surface area contributed by atoms with Crippen LogP contribution in [0.3, 0.4) is 0 Å². The van der Waals surface area contributed by atoms with Crippen LogP contribution in [0.1, 0.15) is 24.2 Å². The number of nitrogens with zero attached hydrogens (tertiary/aromatic N) is 1. The van der Waals surface area contributed by atoms with Crippen LogP contribution < -0.4 is 10.6 Å². The van der Waals surface area contributed by atoms with Crippen molar-refractivity contribution < 1.29 is 14.5 Å². The van der Waals surface area contributed by atoms with Gasteiger partial charge in [0.2, 0.25) is 0 Å². The van der Waals surface area contributed by atoms with Gasteiger partial charge in [0.05, 0.1) is 10.5 Å². The monoisotopic (exact) mass is 281 g/mol. The van der Waals surface area contributed by atoms with Crippen LogP contribution in [-0.4, -0.2) is 37.1 Å². The van der Waals surface area contributed by atoms with Crippen LogP contribution in [0.4, 0.5) is 11.4 Å². The maximum atomic E-state index is 12.0. The zero-order valence-electron chi connectivity index (χ0n) is 12.0. The predicted octanol–water partition coefficient (Wildman–Crippen LogP) is 1.79. The first-order valence-corrected chi connectivity index (χ1v) is 6.10. The molecule has 0 saturated heterocycles. The first-order chi connectivity index (χ1) is 9.30. The van der Waals surface area contributed by atoms with E-state index in [1.54, 1.807) is 14.2 Å². The van der Waals surface area contributed by atoms with Gasteiger partial charge < -0.3 is 15.4 Å². The average Bonchev–Trinajstić information content (AvgIpc) is 2.44. The van der Waals surface area contributed by atoms with E-state index in [4.69, 9.17) is 4.74 Å². The summed E-state index contributed by atoms with van der Waals surface area (Å²) in [5.74, 6) is -0.374. The number of ether oxygens (including phenoxy) is 1. The van der Waals surface area contributed by atoms with E-state index in [1.165, 1.54) is 18.2 Å². The summed E-state index contributed by atoms with van der Waals surface area (Å²) in [7, 11) is 3.14. The van der Waals surface area contributed by atoms with Crippen LogP contribution in [-0.2, 0) is 4.74 Å². The Labute approximate surface area is 117 Å². The van der Waals surface area contributed by atoms with Crippen molar-refractivity contribution in [3.63, 3.8) is 0 Å². The van der Waals surface area contributed by atoms with E-state index < -0.39 is 10.5 Å². The highest BCUT2D eigenvalue weighted by Crippen LogP contribution is 2.25. The van der Waals surface area contributed by atoms with Crippen molar-refractivity contribution in [3.05, 3.63) is 33.9 Å². The molecule has 0 aliphatic rings. The number of amides is 1. The minimum absolute atomic E-state index is 0.133. The van der Waals surface area contributed by atoms with Crippen LogP contribution in [0.5, 0.6) is 0 Å². The van der Waals surface area contributed by atoms with Gasteiger partial charge in [-0.2, -0.15) is 0 Å². The molecule has 2 N–H and O–H groups in total. The SMILES string of the molecule is CNc1ccc(C(=O)NCC(C)(C)OC)cc1[N+](=O)[O-]. The molecule has 7 heteroatoms. The molecule has 0 aliphatic carbocycles. The minimum Gasteiger partial charge on any atom is -0.383 e. The number of benzene rings is 1. The third-order valence-electron chi connectivity index (χ3n) is 2.95. The highest BCUT2D eigenvalue weighted by atomic mass is 16.6. The van der Waals surface area contributed by atoms with Gasteiger partial charge in [0.15, 0.2) is 0 Å². The number of nitro groups is 1. The molecule has 0 unspecified atom stereocenters. The van der Waals surface area contributed by atoms with Crippen molar-refractivity contribution in [2.75, 3.05) is 26.0 Å². The van der Waals surface area contributed by atoms with Crippen LogP contribution in [0.15, 0.2) is 18.2 Å². The Kier molecular flexibility index (Phi) is 5.04. The number of hydrogen-bond acceptors (Lipinski definition) is 5. The van der Waals surface area contributed by atoms with Gasteiger partial charge in [0.1, 0.15) is 5.69 Å². The lowest BCUT2D eigenvalue weighted by Gasteiger charge is -2.23. The zero-order chi connectivity index (χ0) is 15.3. The van der Waals surface area contributed by atoms with Gasteiger partial charge in [-0.3, -0.25) is 14.9 Å². The van der Waals surface area contributed by atoms with Gasteiger partial charge in [-0.25, -0.2) is 0 Å². The van der Waals surface area contributed by atoms with Crippen molar-refractivity contribution in [1.29, 1.82) is 0 Å². The lowest BCUT2D eigenvalue weighted by molar-refractivity contribution is -0.384. The molecule has 0 radical (unpaired) electrons. The number of nitrogens with one attached hydrogen (secondary N) is 2. The van der Waals surface area contributed by atoms with Crippen molar-refractivity contribution in [1.82, 2.24) is 5.32 Å². The van der Waals surface area contributed by atoms with Crippen molar-refractivity contribution in [2.45, 2.75) is 19.4 Å². The van der Waals surface area contributed by atoms with Crippen LogP contribution >= 0.6 is 0 Å². The fraction of sp³-hybridized carbons (Fsp3) is 0.462. The van der Waals surface area contributed by atoms with Crippen molar-refractivity contribution in [3.8, 4) is 0 Å². The van der Waals surface area contributed by atoms with Gasteiger partial charge in [-0.1, -0.05) is 0 Å². The summed E-state index contributed by atoms with van der Waals surface area (Å²) in [6.07, 6.45) is 0. The molecule has 1 rings (SSSR count). The molecule has 1 aromatic rings. The lowest BCUT2D eigenvalue weighted by Crippen LogP contribution is -2.39. The van der Waals surface area contributed by atoms with E-state index in [0.717, 1.165) is 0 Å². The third-order valence-corrected chi connectivity index (χ3v) is 2.95. The smallest absolute Gasteiger partial charge is 0.293 e. The molecule has 20 heavy (non-hydrogen) atoms. The highest BCUT2D eigenvalue weighted by Gasteiger charge is 2.20. The number of anilines is 1. The van der Waals surface area contributed by atoms with E-state index in [-0.39, 0.29) is 17.2 Å². The zero-order valence-corrected chi connectivity index (χ0v) is 12.0. The van der Waals surface area contributed by atoms with Gasteiger partial charge in [0, 0.05) is 32.3 Å². The average molecular weight is 281 g/mol. The second-order valence-corrected chi connectivity index (χ2v) is 4.89. The standard InChI is InChI=1S/C13H19N3O4/c1-13(2,20-4)8-15-12(17)9-5-6-10(14-3)11(7-9)16(18)19/h5-7,14H,8H2,1-4H3,(H,15,17). The predicted molar refractivity (Wildman–Crippen MR) is 76.1 cm³/mol. The molecular weight excluding hydrogens is 262 g/mol. The van der Waals surface area contributed by atoms with Crippen molar-refractivity contribution in [2.24, 2.45) is 0 Å². The molecule has 110 valence electrons. The highest BCUT2D eigenvalue weighted by molar-refractivity contribution is 5.95. The Bertz CT molecular complexity index is 514. The van der Waals surface area contributed by atoms with E-state index in [1.807, 2.05) is 13.8 Å². The van der Waals surface area contributed by atoms with E-state index in [0.29, 0.717) is 12.2 Å². The molecule has 1 aromatic carbocycles. The van der Waals surface area contributed by atoms with Crippen molar-refractivity contribution >= 4 is 17.3 Å². The fourth-order valence-corrected chi connectivity index (χ4v) is 1.50. The second kappa shape index (κ2) is 6.33. The molecule has 0 bridgehead atoms. The van der Waals surface area contributed by atoms with E-state index in [2.05, 4.69) is 10.6 Å². The van der Waals surface area contributed by atoms with Gasteiger partial charge in [0.25, 0.3) is 11.6 Å². The second-order valence-electron chi connectivity index (χ2n) is 4.89. The maximum Gasteiger partial charge on any atom is 0.293 e. The molecule has 0 aromatic heterocycles. The number of carbonyl (C=O) groups is 1. The molecule has 0 atom stereocenters. The topological polar surface area (TPSA) is 93.5 Å². The van der Waals surface area contributed by atoms with E-state index in [9.17, 15) is 14.9 Å². The Morgan fingerprint density at radius 1 is 1.45 bits per heavy atom. The van der Waals surface area contributed by atoms with Crippen LogP contribution in [0.2, 0.25) is 0 Å². The molecule has 0 fully saturated rings. The Morgan fingerprint density at radius 2 is 2.10 bits per heavy atom. The van der Waals surface area contributed by atoms with Gasteiger partial charge in [-0.15, -0.1) is 0 Å². The number of carbonyl (C=O) groups excluding carboxylic acids is 1. The van der Waals surface area contributed by atoms with Gasteiger partial charge in [-0.05, 0) is 26.0 Å². The molecular formula is C13H19N3O4. The summed E-state index contributed by atoms with van der Waals surface area (Å²) in [4.78, 5) is 22.4. The lowest BCUT2D eigenvalue weighted by atomic mass is 10.1. The summed E-state index contributed by atoms with van der Waals surface area (Å²) in [5.41, 5.74) is -0.0236. The van der Waals surface area contributed by atoms with Crippen LogP contribution in [0, 0.1) is 10.1 Å². The third kappa shape index (κ3) is 3.92. The quantitative estimate of drug-likeness (QED) is 0.612. The Balaban J connectivity index is 2.89. The number of nitro benzene ring substituents is 1. The fourth-order valence-electron chi connectivity index (χ4n) is 1.50. The number of methoxy groups -OCH3 is 1. The van der Waals surface area contributed by atoms with E-state index >= 15 is 0 Å². The maximum absolute atomic E-state index is 12.0. The summed E-state index contributed by atoms with van der Waals surface area (Å²) >= 11 is 0.